The minimum atomic E-state index is -3.77. The van der Waals surface area contributed by atoms with Gasteiger partial charge in [0.25, 0.3) is 10.2 Å². The molecule has 1 aromatic rings. The molecule has 0 radical (unpaired) electrons. The largest absolute Gasteiger partial charge is 0.492 e. The van der Waals surface area contributed by atoms with Gasteiger partial charge in [-0.15, -0.1) is 6.42 Å². The van der Waals surface area contributed by atoms with Crippen molar-refractivity contribution in [3.05, 3.63) is 30.3 Å². The van der Waals surface area contributed by atoms with E-state index in [0.29, 0.717) is 5.75 Å². The predicted octanol–water partition coefficient (Wildman–Crippen LogP) is 0.204. The first-order chi connectivity index (χ1) is 8.04. The van der Waals surface area contributed by atoms with Gasteiger partial charge in [0.15, 0.2) is 0 Å². The smallest absolute Gasteiger partial charge is 0.277 e. The van der Waals surface area contributed by atoms with Gasteiger partial charge >= 0.3 is 0 Å². The number of hydrogen-bond donors (Lipinski definition) is 1. The molecule has 1 rings (SSSR count). The van der Waals surface area contributed by atoms with Gasteiger partial charge in [0, 0.05) is 0 Å². The first kappa shape index (κ1) is 13.5. The first-order valence-corrected chi connectivity index (χ1v) is 6.43. The Kier molecular flexibility index (Phi) is 4.97. The van der Waals surface area contributed by atoms with Crippen molar-refractivity contribution in [2.24, 2.45) is 5.14 Å². The van der Waals surface area contributed by atoms with Crippen molar-refractivity contribution in [2.45, 2.75) is 0 Å². The summed E-state index contributed by atoms with van der Waals surface area (Å²) in [6.07, 6.45) is 5.06. The average molecular weight is 254 g/mol. The van der Waals surface area contributed by atoms with Crippen molar-refractivity contribution in [3.63, 3.8) is 0 Å². The molecule has 0 aliphatic rings. The maximum Gasteiger partial charge on any atom is 0.277 e. The molecule has 0 spiro atoms. The highest BCUT2D eigenvalue weighted by Crippen LogP contribution is 2.08. The van der Waals surface area contributed by atoms with Gasteiger partial charge in [-0.3, -0.25) is 0 Å². The van der Waals surface area contributed by atoms with E-state index < -0.39 is 10.2 Å². The summed E-state index contributed by atoms with van der Waals surface area (Å²) in [5, 5.41) is 4.99. The van der Waals surface area contributed by atoms with Gasteiger partial charge in [-0.2, -0.15) is 12.7 Å². The van der Waals surface area contributed by atoms with Gasteiger partial charge in [-0.1, -0.05) is 24.1 Å². The van der Waals surface area contributed by atoms with Crippen LogP contribution in [0.2, 0.25) is 0 Å². The van der Waals surface area contributed by atoms with Gasteiger partial charge in [0.2, 0.25) is 0 Å². The Labute approximate surface area is 101 Å². The zero-order valence-corrected chi connectivity index (χ0v) is 10.1. The molecular weight excluding hydrogens is 240 g/mol. The van der Waals surface area contributed by atoms with Crippen molar-refractivity contribution in [1.82, 2.24) is 4.31 Å². The Balaban J connectivity index is 2.47. The van der Waals surface area contributed by atoms with Crippen LogP contribution < -0.4 is 9.88 Å². The van der Waals surface area contributed by atoms with E-state index in [0.717, 1.165) is 4.31 Å². The number of rotatable bonds is 6. The van der Waals surface area contributed by atoms with E-state index in [1.807, 2.05) is 18.2 Å². The summed E-state index contributed by atoms with van der Waals surface area (Å²) in [5.74, 6) is 2.90. The lowest BCUT2D eigenvalue weighted by Gasteiger charge is -2.16. The molecule has 0 unspecified atom stereocenters. The maximum atomic E-state index is 11.1. The number of para-hydroxylation sites is 1. The van der Waals surface area contributed by atoms with E-state index in [2.05, 4.69) is 5.92 Å². The minimum Gasteiger partial charge on any atom is -0.492 e. The Morgan fingerprint density at radius 1 is 1.35 bits per heavy atom. The van der Waals surface area contributed by atoms with Crippen molar-refractivity contribution in [3.8, 4) is 18.1 Å². The van der Waals surface area contributed by atoms with Crippen LogP contribution in [0.5, 0.6) is 5.75 Å². The molecule has 5 nitrogen and oxygen atoms in total. The normalized spacial score (nSPS) is 11.1. The zero-order chi connectivity index (χ0) is 12.7. The molecule has 0 amide bonds. The van der Waals surface area contributed by atoms with Crippen molar-refractivity contribution < 1.29 is 13.2 Å². The fourth-order valence-electron chi connectivity index (χ4n) is 1.18. The number of ether oxygens (including phenoxy) is 1. The molecule has 0 aliphatic heterocycles. The molecule has 2 N–H and O–H groups in total. The lowest BCUT2D eigenvalue weighted by atomic mass is 10.3. The van der Waals surface area contributed by atoms with Gasteiger partial charge in [-0.05, 0) is 12.1 Å². The minimum absolute atomic E-state index is 0.0585. The molecule has 1 aromatic carbocycles. The Morgan fingerprint density at radius 2 is 2.00 bits per heavy atom. The maximum absolute atomic E-state index is 11.1. The number of terminal acetylenes is 1. The second kappa shape index (κ2) is 6.25. The van der Waals surface area contributed by atoms with Crippen molar-refractivity contribution in [2.75, 3.05) is 19.7 Å². The highest BCUT2D eigenvalue weighted by atomic mass is 32.2. The lowest BCUT2D eigenvalue weighted by Crippen LogP contribution is -2.39. The highest BCUT2D eigenvalue weighted by molar-refractivity contribution is 7.86. The second-order valence-corrected chi connectivity index (χ2v) is 4.79. The van der Waals surface area contributed by atoms with Crippen LogP contribution in [0.15, 0.2) is 30.3 Å². The average Bonchev–Trinajstić information content (AvgIpc) is 2.28. The third-order valence-electron chi connectivity index (χ3n) is 1.98. The Morgan fingerprint density at radius 3 is 2.53 bits per heavy atom. The summed E-state index contributed by atoms with van der Waals surface area (Å²) in [6, 6.07) is 9.08. The molecule has 0 saturated heterocycles. The van der Waals surface area contributed by atoms with Crippen LogP contribution in [0.1, 0.15) is 0 Å². The van der Waals surface area contributed by atoms with Crippen molar-refractivity contribution >= 4 is 10.2 Å². The third kappa shape index (κ3) is 4.87. The molecule has 0 bridgehead atoms. The summed E-state index contributed by atoms with van der Waals surface area (Å²) in [4.78, 5) is 0. The molecule has 0 aromatic heterocycles. The summed E-state index contributed by atoms with van der Waals surface area (Å²) in [7, 11) is -3.77. The number of nitrogens with zero attached hydrogens (tertiary/aromatic N) is 1. The van der Waals surface area contributed by atoms with Crippen LogP contribution >= 0.6 is 0 Å². The number of hydrogen-bond acceptors (Lipinski definition) is 3. The van der Waals surface area contributed by atoms with E-state index in [4.69, 9.17) is 16.3 Å². The fourth-order valence-corrected chi connectivity index (χ4v) is 1.76. The number of nitrogens with two attached hydrogens (primary N) is 1. The topological polar surface area (TPSA) is 72.6 Å². The van der Waals surface area contributed by atoms with E-state index >= 15 is 0 Å². The Bertz CT molecular complexity index is 479. The molecule has 0 atom stereocenters. The SMILES string of the molecule is C#CCN(CCOc1ccccc1)S(N)(=O)=O. The first-order valence-electron chi connectivity index (χ1n) is 4.93. The van der Waals surface area contributed by atoms with Gasteiger partial charge < -0.3 is 4.74 Å². The van der Waals surface area contributed by atoms with E-state index in [1.54, 1.807) is 12.1 Å². The highest BCUT2D eigenvalue weighted by Gasteiger charge is 2.15. The van der Waals surface area contributed by atoms with Crippen LogP contribution in [0.4, 0.5) is 0 Å². The molecule has 17 heavy (non-hydrogen) atoms. The molecule has 0 heterocycles. The lowest BCUT2D eigenvalue weighted by molar-refractivity contribution is 0.281. The van der Waals surface area contributed by atoms with Crippen molar-refractivity contribution in [1.29, 1.82) is 0 Å². The standard InChI is InChI=1S/C11H14N2O3S/c1-2-8-13(17(12,14)15)9-10-16-11-6-4-3-5-7-11/h1,3-7H,8-10H2,(H2,12,14,15). The zero-order valence-electron chi connectivity index (χ0n) is 9.24. The molecular formula is C11H14N2O3S. The van der Waals surface area contributed by atoms with Crippen LogP contribution in [0.25, 0.3) is 0 Å². The summed E-state index contributed by atoms with van der Waals surface area (Å²) in [6.45, 7) is 0.261. The van der Waals surface area contributed by atoms with Gasteiger partial charge in [-0.25, -0.2) is 5.14 Å². The molecule has 6 heteroatoms. The van der Waals surface area contributed by atoms with E-state index in [1.165, 1.54) is 0 Å². The monoisotopic (exact) mass is 254 g/mol. The molecule has 92 valence electrons. The van der Waals surface area contributed by atoms with E-state index in [9.17, 15) is 8.42 Å². The van der Waals surface area contributed by atoms with Crippen LogP contribution in [0.3, 0.4) is 0 Å². The van der Waals surface area contributed by atoms with Gasteiger partial charge in [0.05, 0.1) is 13.1 Å². The molecule has 0 saturated carbocycles. The molecule has 0 aliphatic carbocycles. The number of benzene rings is 1. The third-order valence-corrected chi connectivity index (χ3v) is 3.01. The summed E-state index contributed by atoms with van der Waals surface area (Å²) in [5.41, 5.74) is 0. The van der Waals surface area contributed by atoms with Gasteiger partial charge in [0.1, 0.15) is 12.4 Å². The van der Waals surface area contributed by atoms with Crippen LogP contribution in [-0.2, 0) is 10.2 Å². The molecule has 0 fully saturated rings. The fraction of sp³-hybridized carbons (Fsp3) is 0.273. The summed E-state index contributed by atoms with van der Waals surface area (Å²) >= 11 is 0. The van der Waals surface area contributed by atoms with Crippen LogP contribution in [-0.4, -0.2) is 32.4 Å². The quantitative estimate of drug-likeness (QED) is 0.737. The van der Waals surface area contributed by atoms with Crippen LogP contribution in [0, 0.1) is 12.3 Å². The Hall–Kier alpha value is -1.55. The predicted molar refractivity (Wildman–Crippen MR) is 65.5 cm³/mol. The summed E-state index contributed by atoms with van der Waals surface area (Å²) < 4.78 is 28.6. The van der Waals surface area contributed by atoms with E-state index in [-0.39, 0.29) is 19.7 Å². The second-order valence-electron chi connectivity index (χ2n) is 3.24.